The van der Waals surface area contributed by atoms with Crippen molar-refractivity contribution in [3.63, 3.8) is 0 Å². The highest BCUT2D eigenvalue weighted by molar-refractivity contribution is 7.09. The number of esters is 1. The lowest BCUT2D eigenvalue weighted by molar-refractivity contribution is -0.150. The van der Waals surface area contributed by atoms with Gasteiger partial charge in [-0.2, -0.15) is 0 Å². The lowest BCUT2D eigenvalue weighted by atomic mass is 9.77. The first-order chi connectivity index (χ1) is 8.59. The number of thiophene rings is 1. The molecule has 1 saturated heterocycles. The zero-order valence-electron chi connectivity index (χ0n) is 11.1. The molecule has 0 saturated carbocycles. The zero-order valence-corrected chi connectivity index (χ0v) is 11.9. The molecule has 1 aliphatic heterocycles. The van der Waals surface area contributed by atoms with Crippen molar-refractivity contribution in [2.75, 3.05) is 13.2 Å². The van der Waals surface area contributed by atoms with Gasteiger partial charge in [0.05, 0.1) is 6.61 Å². The summed E-state index contributed by atoms with van der Waals surface area (Å²) in [6.07, 6.45) is 3.02. The quantitative estimate of drug-likeness (QED) is 0.852. The van der Waals surface area contributed by atoms with E-state index in [0.29, 0.717) is 6.61 Å². The van der Waals surface area contributed by atoms with Gasteiger partial charge in [0, 0.05) is 11.3 Å². The summed E-state index contributed by atoms with van der Waals surface area (Å²) in [6.45, 7) is 5.65. The molecule has 1 aromatic rings. The van der Waals surface area contributed by atoms with Gasteiger partial charge in [-0.05, 0) is 36.2 Å². The van der Waals surface area contributed by atoms with E-state index in [2.05, 4.69) is 25.2 Å². The summed E-state index contributed by atoms with van der Waals surface area (Å²) < 4.78 is 5.40. The average Bonchev–Trinajstić information content (AvgIpc) is 2.81. The third kappa shape index (κ3) is 3.33. The van der Waals surface area contributed by atoms with Crippen LogP contribution in [0.25, 0.3) is 0 Å². The minimum atomic E-state index is -0.158. The maximum absolute atomic E-state index is 12.1. The van der Waals surface area contributed by atoms with E-state index in [4.69, 9.17) is 4.74 Å². The molecule has 2 rings (SSSR count). The van der Waals surface area contributed by atoms with Crippen molar-refractivity contribution in [3.8, 4) is 0 Å². The van der Waals surface area contributed by atoms with Crippen LogP contribution in [0.4, 0.5) is 0 Å². The molecule has 0 spiro atoms. The average molecular weight is 267 g/mol. The Hall–Kier alpha value is -0.870. The molecule has 1 aromatic heterocycles. The number of ether oxygens (including phenoxy) is 1. The molecule has 4 heteroatoms. The lowest BCUT2D eigenvalue weighted by Gasteiger charge is -2.37. The molecular weight excluding hydrogens is 246 g/mol. The van der Waals surface area contributed by atoms with Crippen molar-refractivity contribution in [2.45, 2.75) is 39.2 Å². The van der Waals surface area contributed by atoms with E-state index in [1.54, 1.807) is 11.3 Å². The predicted octanol–water partition coefficient (Wildman–Crippen LogP) is 2.61. The van der Waals surface area contributed by atoms with Gasteiger partial charge in [0.2, 0.25) is 0 Å². The minimum absolute atomic E-state index is 0.00172. The molecule has 100 valence electrons. The third-order valence-corrected chi connectivity index (χ3v) is 4.47. The second kappa shape index (κ2) is 5.85. The standard InChI is InChI=1S/C14H21NO2S/c1-14(2)7-4-8-15-12(14)13(16)17-9-6-11-5-3-10-18-11/h3,5,10,12,15H,4,6-9H2,1-2H3. The van der Waals surface area contributed by atoms with Crippen LogP contribution in [0.1, 0.15) is 31.6 Å². The number of carbonyl (C=O) groups is 1. The van der Waals surface area contributed by atoms with Crippen LogP contribution in [0.2, 0.25) is 0 Å². The molecule has 0 radical (unpaired) electrons. The highest BCUT2D eigenvalue weighted by atomic mass is 32.1. The maximum Gasteiger partial charge on any atom is 0.323 e. The van der Waals surface area contributed by atoms with E-state index in [1.807, 2.05) is 11.4 Å². The summed E-state index contributed by atoms with van der Waals surface area (Å²) in [4.78, 5) is 13.3. The van der Waals surface area contributed by atoms with Gasteiger partial charge in [-0.1, -0.05) is 19.9 Å². The van der Waals surface area contributed by atoms with Crippen molar-refractivity contribution < 1.29 is 9.53 Å². The van der Waals surface area contributed by atoms with Gasteiger partial charge in [0.15, 0.2) is 0 Å². The molecule has 1 unspecified atom stereocenters. The molecule has 1 aliphatic rings. The monoisotopic (exact) mass is 267 g/mol. The van der Waals surface area contributed by atoms with E-state index >= 15 is 0 Å². The van der Waals surface area contributed by atoms with Gasteiger partial charge >= 0.3 is 5.97 Å². The van der Waals surface area contributed by atoms with E-state index < -0.39 is 0 Å². The number of hydrogen-bond acceptors (Lipinski definition) is 4. The Morgan fingerprint density at radius 2 is 2.44 bits per heavy atom. The van der Waals surface area contributed by atoms with Gasteiger partial charge in [-0.15, -0.1) is 11.3 Å². The first-order valence-electron chi connectivity index (χ1n) is 6.52. The Kier molecular flexibility index (Phi) is 4.40. The summed E-state index contributed by atoms with van der Waals surface area (Å²) in [5, 5.41) is 5.33. The first kappa shape index (κ1) is 13.6. The van der Waals surface area contributed by atoms with Crippen molar-refractivity contribution in [1.82, 2.24) is 5.32 Å². The lowest BCUT2D eigenvalue weighted by Crippen LogP contribution is -2.52. The van der Waals surface area contributed by atoms with E-state index in [0.717, 1.165) is 25.8 Å². The fourth-order valence-corrected chi connectivity index (χ4v) is 3.09. The van der Waals surface area contributed by atoms with E-state index in [9.17, 15) is 4.79 Å². The molecule has 0 aliphatic carbocycles. The number of piperidine rings is 1. The van der Waals surface area contributed by atoms with Crippen LogP contribution in [0, 0.1) is 5.41 Å². The Bertz CT molecular complexity index is 387. The van der Waals surface area contributed by atoms with Crippen LogP contribution in [0.15, 0.2) is 17.5 Å². The normalized spacial score (nSPS) is 22.7. The van der Waals surface area contributed by atoms with Crippen molar-refractivity contribution in [1.29, 1.82) is 0 Å². The largest absolute Gasteiger partial charge is 0.464 e. The predicted molar refractivity (Wildman–Crippen MR) is 73.8 cm³/mol. The van der Waals surface area contributed by atoms with Crippen molar-refractivity contribution >= 4 is 17.3 Å². The topological polar surface area (TPSA) is 38.3 Å². The second-order valence-electron chi connectivity index (χ2n) is 5.48. The van der Waals surface area contributed by atoms with Gasteiger partial charge < -0.3 is 10.1 Å². The van der Waals surface area contributed by atoms with E-state index in [-0.39, 0.29) is 17.4 Å². The van der Waals surface area contributed by atoms with Crippen LogP contribution in [0.3, 0.4) is 0 Å². The van der Waals surface area contributed by atoms with Crippen molar-refractivity contribution in [2.24, 2.45) is 5.41 Å². The van der Waals surface area contributed by atoms with Gasteiger partial charge in [-0.25, -0.2) is 0 Å². The van der Waals surface area contributed by atoms with Crippen LogP contribution in [-0.2, 0) is 16.0 Å². The SMILES string of the molecule is CC1(C)CCCNC1C(=O)OCCc1cccs1. The Balaban J connectivity index is 1.80. The summed E-state index contributed by atoms with van der Waals surface area (Å²) in [7, 11) is 0. The first-order valence-corrected chi connectivity index (χ1v) is 7.40. The van der Waals surface area contributed by atoms with Gasteiger partial charge in [0.1, 0.15) is 6.04 Å². The van der Waals surface area contributed by atoms with Crippen LogP contribution < -0.4 is 5.32 Å². The second-order valence-corrected chi connectivity index (χ2v) is 6.51. The van der Waals surface area contributed by atoms with Crippen LogP contribution >= 0.6 is 11.3 Å². The molecule has 1 fully saturated rings. The van der Waals surface area contributed by atoms with Crippen LogP contribution in [0.5, 0.6) is 0 Å². The molecule has 0 amide bonds. The molecule has 1 atom stereocenters. The van der Waals surface area contributed by atoms with Gasteiger partial charge in [0.25, 0.3) is 0 Å². The fourth-order valence-electron chi connectivity index (χ4n) is 2.40. The number of hydrogen-bond donors (Lipinski definition) is 1. The maximum atomic E-state index is 12.1. The molecule has 18 heavy (non-hydrogen) atoms. The highest BCUT2D eigenvalue weighted by Gasteiger charge is 2.38. The molecule has 0 aromatic carbocycles. The Labute approximate surface area is 113 Å². The van der Waals surface area contributed by atoms with Crippen LogP contribution in [-0.4, -0.2) is 25.2 Å². The Morgan fingerprint density at radius 1 is 1.61 bits per heavy atom. The summed E-state index contributed by atoms with van der Waals surface area (Å²) in [5.41, 5.74) is -0.00172. The number of carbonyl (C=O) groups excluding carboxylic acids is 1. The third-order valence-electron chi connectivity index (χ3n) is 3.54. The molecule has 0 bridgehead atoms. The van der Waals surface area contributed by atoms with E-state index in [1.165, 1.54) is 4.88 Å². The number of rotatable bonds is 4. The smallest absolute Gasteiger partial charge is 0.323 e. The molecular formula is C14H21NO2S. The van der Waals surface area contributed by atoms with Gasteiger partial charge in [-0.3, -0.25) is 4.79 Å². The zero-order chi connectivity index (χ0) is 13.0. The summed E-state index contributed by atoms with van der Waals surface area (Å²) in [6, 6.07) is 3.93. The fraction of sp³-hybridized carbons (Fsp3) is 0.643. The summed E-state index contributed by atoms with van der Waals surface area (Å²) >= 11 is 1.70. The Morgan fingerprint density at radius 3 is 3.11 bits per heavy atom. The summed E-state index contributed by atoms with van der Waals surface area (Å²) in [5.74, 6) is -0.101. The number of nitrogens with one attached hydrogen (secondary N) is 1. The molecule has 3 nitrogen and oxygen atoms in total. The highest BCUT2D eigenvalue weighted by Crippen LogP contribution is 2.30. The minimum Gasteiger partial charge on any atom is -0.464 e. The molecule has 1 N–H and O–H groups in total. The van der Waals surface area contributed by atoms with Crippen molar-refractivity contribution in [3.05, 3.63) is 22.4 Å². The molecule has 2 heterocycles.